The molecule has 2 aromatic rings. The molecule has 8 heteroatoms. The van der Waals surface area contributed by atoms with E-state index in [1.54, 1.807) is 19.1 Å². The second-order valence-electron chi connectivity index (χ2n) is 7.84. The first kappa shape index (κ1) is 19.5. The molecule has 0 radical (unpaired) electrons. The Kier molecular flexibility index (Phi) is 5.60. The second-order valence-corrected chi connectivity index (χ2v) is 7.84. The monoisotopic (exact) mass is 399 g/mol. The largest absolute Gasteiger partial charge is 0.342 e. The van der Waals surface area contributed by atoms with E-state index in [1.165, 1.54) is 12.1 Å². The Labute approximate surface area is 169 Å². The summed E-state index contributed by atoms with van der Waals surface area (Å²) in [5.41, 5.74) is 0.830. The van der Waals surface area contributed by atoms with E-state index in [1.807, 2.05) is 9.80 Å². The zero-order valence-electron chi connectivity index (χ0n) is 16.7. The lowest BCUT2D eigenvalue weighted by atomic mass is 9.95. The van der Waals surface area contributed by atoms with E-state index in [2.05, 4.69) is 14.8 Å². The van der Waals surface area contributed by atoms with Crippen LogP contribution in [0.4, 0.5) is 4.39 Å². The van der Waals surface area contributed by atoms with Crippen LogP contribution in [0.5, 0.6) is 0 Å². The Morgan fingerprint density at radius 1 is 1.00 bits per heavy atom. The van der Waals surface area contributed by atoms with Crippen molar-refractivity contribution in [2.75, 3.05) is 26.2 Å². The highest BCUT2D eigenvalue weighted by Gasteiger charge is 2.29. The Morgan fingerprint density at radius 3 is 2.41 bits per heavy atom. The molecule has 1 aromatic carbocycles. The molecule has 4 rings (SSSR count). The lowest BCUT2D eigenvalue weighted by Crippen LogP contribution is -2.39. The predicted molar refractivity (Wildman–Crippen MR) is 105 cm³/mol. The first-order valence-electron chi connectivity index (χ1n) is 10.2. The molecule has 0 unspecified atom stereocenters. The molecular weight excluding hydrogens is 373 g/mol. The van der Waals surface area contributed by atoms with E-state index in [0.717, 1.165) is 43.0 Å². The van der Waals surface area contributed by atoms with Gasteiger partial charge in [0.05, 0.1) is 6.42 Å². The van der Waals surface area contributed by atoms with Crippen molar-refractivity contribution in [1.82, 2.24) is 24.6 Å². The van der Waals surface area contributed by atoms with Crippen LogP contribution in [0.25, 0.3) is 0 Å². The minimum atomic E-state index is -0.291. The Morgan fingerprint density at radius 2 is 1.72 bits per heavy atom. The maximum absolute atomic E-state index is 13.0. The molecule has 29 heavy (non-hydrogen) atoms. The van der Waals surface area contributed by atoms with E-state index < -0.39 is 0 Å². The van der Waals surface area contributed by atoms with Crippen LogP contribution in [0.1, 0.15) is 42.9 Å². The van der Waals surface area contributed by atoms with Gasteiger partial charge >= 0.3 is 0 Å². The van der Waals surface area contributed by atoms with Crippen LogP contribution >= 0.6 is 0 Å². The summed E-state index contributed by atoms with van der Waals surface area (Å²) in [6, 6.07) is 6.10. The second kappa shape index (κ2) is 8.31. The van der Waals surface area contributed by atoms with Gasteiger partial charge in [0.2, 0.25) is 11.8 Å². The molecule has 2 aliphatic heterocycles. The maximum atomic E-state index is 13.0. The van der Waals surface area contributed by atoms with Crippen molar-refractivity contribution in [1.29, 1.82) is 0 Å². The summed E-state index contributed by atoms with van der Waals surface area (Å²) < 4.78 is 15.2. The van der Waals surface area contributed by atoms with Gasteiger partial charge in [-0.25, -0.2) is 4.39 Å². The number of hydrogen-bond acceptors (Lipinski definition) is 4. The van der Waals surface area contributed by atoms with E-state index in [-0.39, 0.29) is 23.5 Å². The Bertz CT molecular complexity index is 887. The molecule has 0 N–H and O–H groups in total. The van der Waals surface area contributed by atoms with Crippen molar-refractivity contribution in [2.24, 2.45) is 0 Å². The van der Waals surface area contributed by atoms with Crippen molar-refractivity contribution in [3.63, 3.8) is 0 Å². The number of carbonyl (C=O) groups is 2. The normalized spacial score (nSPS) is 17.7. The number of likely N-dealkylation sites (tertiary alicyclic amines) is 1. The molecule has 0 atom stereocenters. The van der Waals surface area contributed by atoms with Gasteiger partial charge in [-0.3, -0.25) is 9.59 Å². The zero-order valence-corrected chi connectivity index (χ0v) is 16.7. The highest BCUT2D eigenvalue weighted by Crippen LogP contribution is 2.28. The van der Waals surface area contributed by atoms with Crippen LogP contribution < -0.4 is 0 Å². The van der Waals surface area contributed by atoms with Gasteiger partial charge in [-0.2, -0.15) is 0 Å². The highest BCUT2D eigenvalue weighted by molar-refractivity contribution is 5.78. The van der Waals surface area contributed by atoms with Crippen LogP contribution in [0.3, 0.4) is 0 Å². The summed E-state index contributed by atoms with van der Waals surface area (Å²) in [7, 11) is 0. The van der Waals surface area contributed by atoms with E-state index in [0.29, 0.717) is 32.6 Å². The number of fused-ring (bicyclic) bond motifs is 1. The number of benzene rings is 1. The average molecular weight is 399 g/mol. The molecule has 0 spiro atoms. The van der Waals surface area contributed by atoms with Crippen LogP contribution in [0.15, 0.2) is 24.3 Å². The predicted octanol–water partition coefficient (Wildman–Crippen LogP) is 1.77. The minimum Gasteiger partial charge on any atom is -0.342 e. The molecular formula is C21H26FN5O2. The van der Waals surface area contributed by atoms with Gasteiger partial charge in [-0.05, 0) is 30.5 Å². The molecule has 1 aromatic heterocycles. The van der Waals surface area contributed by atoms with Crippen LogP contribution in [-0.4, -0.2) is 62.6 Å². The number of nitrogens with zero attached hydrogens (tertiary/aromatic N) is 5. The maximum Gasteiger partial charge on any atom is 0.226 e. The quantitative estimate of drug-likeness (QED) is 0.789. The number of rotatable bonds is 3. The smallest absolute Gasteiger partial charge is 0.226 e. The SMILES string of the molecule is CC(=O)N1CCc2nnc(C3CCN(C(=O)Cc4ccc(F)cc4)CC3)n2CC1. The van der Waals surface area contributed by atoms with Crippen molar-refractivity contribution < 1.29 is 14.0 Å². The number of amides is 2. The summed E-state index contributed by atoms with van der Waals surface area (Å²) in [6.07, 6.45) is 2.72. The van der Waals surface area contributed by atoms with Crippen LogP contribution in [0.2, 0.25) is 0 Å². The third kappa shape index (κ3) is 4.31. The molecule has 0 aliphatic carbocycles. The molecule has 1 saturated heterocycles. The zero-order chi connectivity index (χ0) is 20.4. The number of aromatic nitrogens is 3. The number of carbonyl (C=O) groups excluding carboxylic acids is 2. The van der Waals surface area contributed by atoms with E-state index >= 15 is 0 Å². The number of hydrogen-bond donors (Lipinski definition) is 0. The van der Waals surface area contributed by atoms with E-state index in [9.17, 15) is 14.0 Å². The third-order valence-electron chi connectivity index (χ3n) is 5.98. The van der Waals surface area contributed by atoms with Crippen molar-refractivity contribution in [3.8, 4) is 0 Å². The molecule has 2 amide bonds. The Balaban J connectivity index is 1.36. The highest BCUT2D eigenvalue weighted by atomic mass is 19.1. The van der Waals surface area contributed by atoms with Gasteiger partial charge < -0.3 is 14.4 Å². The first-order valence-corrected chi connectivity index (χ1v) is 10.2. The average Bonchev–Trinajstić information content (AvgIpc) is 3.00. The molecule has 154 valence electrons. The van der Waals surface area contributed by atoms with Crippen LogP contribution in [0, 0.1) is 5.82 Å². The van der Waals surface area contributed by atoms with Gasteiger partial charge in [0, 0.05) is 52.0 Å². The summed E-state index contributed by atoms with van der Waals surface area (Å²) in [5, 5.41) is 8.82. The molecule has 1 fully saturated rings. The van der Waals surface area contributed by atoms with Gasteiger partial charge in [-0.1, -0.05) is 12.1 Å². The number of halogens is 1. The molecule has 2 aliphatic rings. The van der Waals surface area contributed by atoms with Crippen molar-refractivity contribution >= 4 is 11.8 Å². The summed E-state index contributed by atoms with van der Waals surface area (Å²) in [4.78, 5) is 28.0. The van der Waals surface area contributed by atoms with Gasteiger partial charge in [0.15, 0.2) is 0 Å². The first-order chi connectivity index (χ1) is 14.0. The van der Waals surface area contributed by atoms with Crippen LogP contribution in [-0.2, 0) is 29.0 Å². The third-order valence-corrected chi connectivity index (χ3v) is 5.98. The molecule has 0 saturated carbocycles. The fourth-order valence-corrected chi connectivity index (χ4v) is 4.24. The summed E-state index contributed by atoms with van der Waals surface area (Å²) >= 11 is 0. The van der Waals surface area contributed by atoms with Gasteiger partial charge in [-0.15, -0.1) is 10.2 Å². The molecule has 3 heterocycles. The van der Waals surface area contributed by atoms with Crippen molar-refractivity contribution in [3.05, 3.63) is 47.3 Å². The topological polar surface area (TPSA) is 71.3 Å². The summed E-state index contributed by atoms with van der Waals surface area (Å²) in [5.74, 6) is 2.08. The fourth-order valence-electron chi connectivity index (χ4n) is 4.24. The molecule has 7 nitrogen and oxygen atoms in total. The fraction of sp³-hybridized carbons (Fsp3) is 0.524. The van der Waals surface area contributed by atoms with Gasteiger partial charge in [0.1, 0.15) is 17.5 Å². The summed E-state index contributed by atoms with van der Waals surface area (Å²) in [6.45, 7) is 5.07. The lowest BCUT2D eigenvalue weighted by Gasteiger charge is -2.32. The van der Waals surface area contributed by atoms with E-state index in [4.69, 9.17) is 0 Å². The minimum absolute atomic E-state index is 0.0761. The van der Waals surface area contributed by atoms with Gasteiger partial charge in [0.25, 0.3) is 0 Å². The van der Waals surface area contributed by atoms with Crippen molar-refractivity contribution in [2.45, 2.75) is 45.1 Å². The lowest BCUT2D eigenvalue weighted by molar-refractivity contribution is -0.131. The standard InChI is InChI=1S/C21H26FN5O2/c1-15(28)25-11-8-19-23-24-21(27(19)13-12-25)17-6-9-26(10-7-17)20(29)14-16-2-4-18(22)5-3-16/h2-5,17H,6-14H2,1H3. The number of piperidine rings is 1. The molecule has 0 bridgehead atoms. The Hall–Kier alpha value is -2.77.